The molecule has 0 fully saturated rings. The molecule has 19 heavy (non-hydrogen) atoms. The lowest BCUT2D eigenvalue weighted by Crippen LogP contribution is -2.32. The number of fused-ring (bicyclic) bond motifs is 1. The molecule has 1 aromatic carbocycles. The molecule has 1 N–H and O–H groups in total. The summed E-state index contributed by atoms with van der Waals surface area (Å²) in [7, 11) is 0. The lowest BCUT2D eigenvalue weighted by molar-refractivity contribution is 0.299. The molecule has 106 valence electrons. The van der Waals surface area contributed by atoms with Crippen LogP contribution in [-0.4, -0.2) is 13.2 Å². The van der Waals surface area contributed by atoms with E-state index in [4.69, 9.17) is 4.74 Å². The molecule has 0 amide bonds. The van der Waals surface area contributed by atoms with Gasteiger partial charge in [0, 0.05) is 22.6 Å². The molecule has 1 unspecified atom stereocenters. The normalized spacial score (nSPS) is 19.5. The van der Waals surface area contributed by atoms with Gasteiger partial charge in [0.15, 0.2) is 0 Å². The first-order valence-corrected chi connectivity index (χ1v) is 7.97. The highest BCUT2D eigenvalue weighted by Crippen LogP contribution is 2.34. The van der Waals surface area contributed by atoms with Crippen LogP contribution in [0.3, 0.4) is 0 Å². The largest absolute Gasteiger partial charge is 0.493 e. The molecule has 0 radical (unpaired) electrons. The van der Waals surface area contributed by atoms with E-state index in [-0.39, 0.29) is 0 Å². The summed E-state index contributed by atoms with van der Waals surface area (Å²) in [6, 6.07) is 6.78. The molecule has 0 aromatic heterocycles. The minimum absolute atomic E-state index is 0.350. The highest BCUT2D eigenvalue weighted by molar-refractivity contribution is 9.10. The maximum Gasteiger partial charge on any atom is 0.125 e. The maximum atomic E-state index is 5.85. The fourth-order valence-corrected chi connectivity index (χ4v) is 2.62. The van der Waals surface area contributed by atoms with Gasteiger partial charge in [0.2, 0.25) is 0 Å². The Kier molecular flexibility index (Phi) is 4.91. The van der Waals surface area contributed by atoms with Crippen LogP contribution in [0.15, 0.2) is 22.7 Å². The van der Waals surface area contributed by atoms with E-state index in [2.05, 4.69) is 60.2 Å². The molecule has 1 atom stereocenters. The molecule has 0 spiro atoms. The number of hydrogen-bond acceptors (Lipinski definition) is 2. The Labute approximate surface area is 125 Å². The SMILES string of the molecule is CCC(C)(C)CNC1CCCOc2cc(Br)ccc21. The standard InChI is InChI=1S/C16H24BrNO/c1-4-16(2,3)11-18-14-6-5-9-19-15-10-12(17)7-8-13(14)15/h7-8,10,14,18H,4-6,9,11H2,1-3H3. The van der Waals surface area contributed by atoms with E-state index in [9.17, 15) is 0 Å². The number of rotatable bonds is 4. The van der Waals surface area contributed by atoms with E-state index < -0.39 is 0 Å². The molecule has 1 aliphatic heterocycles. The van der Waals surface area contributed by atoms with Crippen molar-refractivity contribution in [1.82, 2.24) is 5.32 Å². The summed E-state index contributed by atoms with van der Waals surface area (Å²) < 4.78 is 6.93. The average molecular weight is 326 g/mol. The van der Waals surface area contributed by atoms with E-state index in [1.807, 2.05) is 0 Å². The van der Waals surface area contributed by atoms with Crippen LogP contribution in [-0.2, 0) is 0 Å². The zero-order valence-corrected chi connectivity index (χ0v) is 13.7. The second-order valence-electron chi connectivity index (χ2n) is 6.12. The van der Waals surface area contributed by atoms with Crippen molar-refractivity contribution in [2.75, 3.05) is 13.2 Å². The van der Waals surface area contributed by atoms with Crippen molar-refractivity contribution < 1.29 is 4.74 Å². The molecule has 0 aliphatic carbocycles. The van der Waals surface area contributed by atoms with Gasteiger partial charge in [0.05, 0.1) is 6.61 Å². The quantitative estimate of drug-likeness (QED) is 0.867. The first-order chi connectivity index (χ1) is 9.02. The minimum Gasteiger partial charge on any atom is -0.493 e. The van der Waals surface area contributed by atoms with Crippen molar-refractivity contribution >= 4 is 15.9 Å². The predicted molar refractivity (Wildman–Crippen MR) is 83.7 cm³/mol. The van der Waals surface area contributed by atoms with Crippen LogP contribution in [0.2, 0.25) is 0 Å². The maximum absolute atomic E-state index is 5.85. The summed E-state index contributed by atoms with van der Waals surface area (Å²) in [5.41, 5.74) is 1.65. The third-order valence-electron chi connectivity index (χ3n) is 4.03. The fourth-order valence-electron chi connectivity index (χ4n) is 2.28. The summed E-state index contributed by atoms with van der Waals surface area (Å²) in [5, 5.41) is 3.73. The van der Waals surface area contributed by atoms with Crippen molar-refractivity contribution in [3.8, 4) is 5.75 Å². The number of halogens is 1. The van der Waals surface area contributed by atoms with Gasteiger partial charge in [-0.05, 0) is 36.8 Å². The van der Waals surface area contributed by atoms with Crippen LogP contribution in [0, 0.1) is 5.41 Å². The Morgan fingerprint density at radius 3 is 2.95 bits per heavy atom. The molecule has 0 saturated heterocycles. The van der Waals surface area contributed by atoms with Gasteiger partial charge in [-0.2, -0.15) is 0 Å². The van der Waals surface area contributed by atoms with Crippen LogP contribution >= 0.6 is 15.9 Å². The number of nitrogens with one attached hydrogen (secondary N) is 1. The van der Waals surface area contributed by atoms with Gasteiger partial charge in [-0.1, -0.05) is 42.8 Å². The van der Waals surface area contributed by atoms with E-state index in [1.54, 1.807) is 0 Å². The monoisotopic (exact) mass is 325 g/mol. The van der Waals surface area contributed by atoms with Crippen molar-refractivity contribution in [2.24, 2.45) is 5.41 Å². The highest BCUT2D eigenvalue weighted by Gasteiger charge is 2.22. The minimum atomic E-state index is 0.350. The topological polar surface area (TPSA) is 21.3 Å². The summed E-state index contributed by atoms with van der Waals surface area (Å²) in [4.78, 5) is 0. The van der Waals surface area contributed by atoms with Gasteiger partial charge in [0.1, 0.15) is 5.75 Å². The van der Waals surface area contributed by atoms with Gasteiger partial charge in [-0.25, -0.2) is 0 Å². The van der Waals surface area contributed by atoms with Crippen LogP contribution in [0.5, 0.6) is 5.75 Å². The molecular weight excluding hydrogens is 302 g/mol. The van der Waals surface area contributed by atoms with Crippen LogP contribution in [0.4, 0.5) is 0 Å². The van der Waals surface area contributed by atoms with E-state index >= 15 is 0 Å². The van der Waals surface area contributed by atoms with Crippen molar-refractivity contribution in [3.63, 3.8) is 0 Å². The Morgan fingerprint density at radius 2 is 2.21 bits per heavy atom. The molecule has 1 aromatic rings. The summed E-state index contributed by atoms with van der Waals surface area (Å²) in [6.07, 6.45) is 3.45. The van der Waals surface area contributed by atoms with Crippen LogP contribution < -0.4 is 10.1 Å². The summed E-state index contributed by atoms with van der Waals surface area (Å²) in [5.74, 6) is 1.03. The lowest BCUT2D eigenvalue weighted by atomic mass is 9.89. The molecule has 0 saturated carbocycles. The third kappa shape index (κ3) is 3.96. The number of hydrogen-bond donors (Lipinski definition) is 1. The lowest BCUT2D eigenvalue weighted by Gasteiger charge is -2.27. The van der Waals surface area contributed by atoms with Crippen molar-refractivity contribution in [1.29, 1.82) is 0 Å². The van der Waals surface area contributed by atoms with Gasteiger partial charge in [-0.3, -0.25) is 0 Å². The van der Waals surface area contributed by atoms with Crippen LogP contribution in [0.25, 0.3) is 0 Å². The number of benzene rings is 1. The van der Waals surface area contributed by atoms with Crippen LogP contribution in [0.1, 0.15) is 51.6 Å². The zero-order chi connectivity index (χ0) is 13.9. The molecular formula is C16H24BrNO. The molecule has 3 heteroatoms. The first kappa shape index (κ1) is 14.9. The molecule has 1 heterocycles. The van der Waals surface area contributed by atoms with E-state index in [0.717, 1.165) is 36.2 Å². The first-order valence-electron chi connectivity index (χ1n) is 7.17. The summed E-state index contributed by atoms with van der Waals surface area (Å²) >= 11 is 3.52. The predicted octanol–water partition coefficient (Wildman–Crippen LogP) is 4.69. The second kappa shape index (κ2) is 6.27. The smallest absolute Gasteiger partial charge is 0.125 e. The van der Waals surface area contributed by atoms with E-state index in [1.165, 1.54) is 12.0 Å². The Balaban J connectivity index is 2.13. The van der Waals surface area contributed by atoms with Crippen molar-refractivity contribution in [3.05, 3.63) is 28.2 Å². The second-order valence-corrected chi connectivity index (χ2v) is 7.04. The zero-order valence-electron chi connectivity index (χ0n) is 12.1. The number of ether oxygens (including phenoxy) is 1. The summed E-state index contributed by atoms with van der Waals surface area (Å²) in [6.45, 7) is 8.75. The molecule has 2 nitrogen and oxygen atoms in total. The third-order valence-corrected chi connectivity index (χ3v) is 4.52. The van der Waals surface area contributed by atoms with Gasteiger partial charge >= 0.3 is 0 Å². The van der Waals surface area contributed by atoms with Gasteiger partial charge in [-0.15, -0.1) is 0 Å². The average Bonchev–Trinajstić information content (AvgIpc) is 2.58. The Hall–Kier alpha value is -0.540. The Morgan fingerprint density at radius 1 is 1.42 bits per heavy atom. The molecule has 1 aliphatic rings. The van der Waals surface area contributed by atoms with Gasteiger partial charge in [0.25, 0.3) is 0 Å². The Bertz CT molecular complexity index is 431. The molecule has 2 rings (SSSR count). The van der Waals surface area contributed by atoms with Crippen molar-refractivity contribution in [2.45, 2.75) is 46.1 Å². The van der Waals surface area contributed by atoms with Gasteiger partial charge < -0.3 is 10.1 Å². The molecule has 0 bridgehead atoms. The fraction of sp³-hybridized carbons (Fsp3) is 0.625. The highest BCUT2D eigenvalue weighted by atomic mass is 79.9. The van der Waals surface area contributed by atoms with E-state index in [0.29, 0.717) is 11.5 Å².